The van der Waals surface area contributed by atoms with E-state index >= 15 is 0 Å². The van der Waals surface area contributed by atoms with Gasteiger partial charge in [0.15, 0.2) is 0 Å². The number of nitrogens with zero attached hydrogens (tertiary/aromatic N) is 1. The third kappa shape index (κ3) is 14.8. The molecule has 3 fully saturated rings. The third-order valence-electron chi connectivity index (χ3n) is 17.6. The first kappa shape index (κ1) is 54.2. The molecule has 4 aliphatic rings. The zero-order valence-corrected chi connectivity index (χ0v) is 44.6. The molecule has 0 unspecified atom stereocenters. The maximum absolute atomic E-state index is 13.0. The van der Waals surface area contributed by atoms with Crippen LogP contribution in [0, 0.1) is 46.3 Å². The van der Waals surface area contributed by atoms with Crippen molar-refractivity contribution in [1.29, 1.82) is 0 Å². The fraction of sp³-hybridized carbons (Fsp3) is 0.635. The van der Waals surface area contributed by atoms with Gasteiger partial charge in [0.05, 0.1) is 24.5 Å². The van der Waals surface area contributed by atoms with Gasteiger partial charge in [-0.05, 0) is 178 Å². The molecule has 0 heterocycles. The lowest BCUT2D eigenvalue weighted by atomic mass is 9.47. The van der Waals surface area contributed by atoms with Crippen molar-refractivity contribution < 1.29 is 33.6 Å². The third-order valence-corrected chi connectivity index (χ3v) is 17.6. The van der Waals surface area contributed by atoms with Crippen molar-refractivity contribution in [2.45, 2.75) is 195 Å². The lowest BCUT2D eigenvalue weighted by Crippen LogP contribution is -2.51. The molecule has 8 atom stereocenters. The second-order valence-corrected chi connectivity index (χ2v) is 23.0. The number of hydrogen-bond acceptors (Lipinski definition) is 8. The number of aliphatic imine (C=N–C) groups is 1. The molecule has 0 aromatic heterocycles. The number of fused-ring (bicyclic) bond motifs is 5. The molecule has 3 aromatic rings. The van der Waals surface area contributed by atoms with Crippen LogP contribution < -0.4 is 14.2 Å². The van der Waals surface area contributed by atoms with Crippen molar-refractivity contribution in [3.8, 4) is 23.0 Å². The van der Waals surface area contributed by atoms with Crippen LogP contribution in [-0.4, -0.2) is 42.6 Å². The van der Waals surface area contributed by atoms with E-state index in [4.69, 9.17) is 18.9 Å². The molecule has 0 saturated heterocycles. The molecule has 7 rings (SSSR count). The fourth-order valence-corrected chi connectivity index (χ4v) is 13.5. The zero-order valence-electron chi connectivity index (χ0n) is 44.6. The molecular formula is C63H89NO7. The van der Waals surface area contributed by atoms with E-state index in [1.807, 2.05) is 18.2 Å². The molecule has 0 radical (unpaired) electrons. The monoisotopic (exact) mass is 972 g/mol. The van der Waals surface area contributed by atoms with Gasteiger partial charge >= 0.3 is 11.9 Å². The summed E-state index contributed by atoms with van der Waals surface area (Å²) in [6.07, 6.45) is 31.1. The summed E-state index contributed by atoms with van der Waals surface area (Å²) in [5.74, 6) is 6.26. The van der Waals surface area contributed by atoms with Gasteiger partial charge < -0.3 is 24.1 Å². The minimum atomic E-state index is -0.444. The average molecular weight is 972 g/mol. The Labute approximate surface area is 428 Å². The van der Waals surface area contributed by atoms with Crippen LogP contribution >= 0.6 is 0 Å². The molecule has 0 bridgehead atoms. The zero-order chi connectivity index (χ0) is 50.2. The van der Waals surface area contributed by atoms with Crippen LogP contribution in [0.1, 0.15) is 205 Å². The van der Waals surface area contributed by atoms with Crippen molar-refractivity contribution >= 4 is 23.8 Å². The Hall–Kier alpha value is -4.59. The van der Waals surface area contributed by atoms with Gasteiger partial charge in [-0.15, -0.1) is 0 Å². The Bertz CT molecular complexity index is 2200. The summed E-state index contributed by atoms with van der Waals surface area (Å²) in [5, 5.41) is 10.7. The van der Waals surface area contributed by atoms with Crippen LogP contribution in [0.25, 0.3) is 0 Å². The normalized spacial score (nSPS) is 25.2. The van der Waals surface area contributed by atoms with Crippen molar-refractivity contribution in [2.24, 2.45) is 51.3 Å². The van der Waals surface area contributed by atoms with E-state index in [1.165, 1.54) is 96.3 Å². The highest BCUT2D eigenvalue weighted by molar-refractivity contribution is 5.91. The molecule has 0 aliphatic heterocycles. The summed E-state index contributed by atoms with van der Waals surface area (Å²) in [6.45, 7) is 15.9. The number of benzene rings is 3. The number of carbonyl (C=O) groups excluding carboxylic acids is 2. The molecule has 0 amide bonds. The van der Waals surface area contributed by atoms with Crippen molar-refractivity contribution in [1.82, 2.24) is 0 Å². The summed E-state index contributed by atoms with van der Waals surface area (Å²) in [5.41, 5.74) is 3.98. The average Bonchev–Trinajstić information content (AvgIpc) is 3.72. The predicted octanol–water partition coefficient (Wildman–Crippen LogP) is 16.8. The smallest absolute Gasteiger partial charge is 0.343 e. The van der Waals surface area contributed by atoms with Crippen molar-refractivity contribution in [2.75, 3.05) is 13.2 Å². The molecule has 4 aliphatic carbocycles. The van der Waals surface area contributed by atoms with Crippen LogP contribution in [0.5, 0.6) is 23.0 Å². The van der Waals surface area contributed by atoms with E-state index in [2.05, 4.69) is 52.6 Å². The molecule has 8 heteroatoms. The van der Waals surface area contributed by atoms with Crippen LogP contribution in [-0.2, 0) is 9.53 Å². The highest BCUT2D eigenvalue weighted by Crippen LogP contribution is 2.67. The highest BCUT2D eigenvalue weighted by Gasteiger charge is 2.59. The summed E-state index contributed by atoms with van der Waals surface area (Å²) >= 11 is 0. The summed E-state index contributed by atoms with van der Waals surface area (Å²) in [7, 11) is 0. The Kier molecular flexibility index (Phi) is 20.1. The van der Waals surface area contributed by atoms with Gasteiger partial charge in [0, 0.05) is 30.7 Å². The number of phenols is 1. The predicted molar refractivity (Wildman–Crippen MR) is 288 cm³/mol. The van der Waals surface area contributed by atoms with E-state index in [-0.39, 0.29) is 23.2 Å². The molecule has 1 N–H and O–H groups in total. The van der Waals surface area contributed by atoms with Crippen molar-refractivity contribution in [3.05, 3.63) is 89.5 Å². The number of rotatable bonds is 27. The maximum atomic E-state index is 13.0. The maximum Gasteiger partial charge on any atom is 0.343 e. The van der Waals surface area contributed by atoms with Gasteiger partial charge in [0.1, 0.15) is 29.1 Å². The lowest BCUT2D eigenvalue weighted by Gasteiger charge is -2.58. The van der Waals surface area contributed by atoms with Crippen molar-refractivity contribution in [3.63, 3.8) is 0 Å². The Balaban J connectivity index is 0.758. The van der Waals surface area contributed by atoms with Crippen LogP contribution in [0.2, 0.25) is 0 Å². The molecule has 8 nitrogen and oxygen atoms in total. The molecular weight excluding hydrogens is 883 g/mol. The summed E-state index contributed by atoms with van der Waals surface area (Å²) in [4.78, 5) is 30.3. The summed E-state index contributed by atoms with van der Waals surface area (Å²) < 4.78 is 23.5. The Morgan fingerprint density at radius 1 is 0.732 bits per heavy atom. The van der Waals surface area contributed by atoms with Gasteiger partial charge in [0.25, 0.3) is 0 Å². The number of aromatic hydroxyl groups is 1. The first-order chi connectivity index (χ1) is 34.4. The number of unbranched alkanes of at least 4 members (excludes halogenated alkanes) is 9. The number of carbonyl (C=O) groups is 2. The lowest BCUT2D eigenvalue weighted by molar-refractivity contribution is -0.151. The molecule has 3 saturated carbocycles. The van der Waals surface area contributed by atoms with Gasteiger partial charge in [-0.1, -0.05) is 117 Å². The number of hydrogen-bond donors (Lipinski definition) is 1. The van der Waals surface area contributed by atoms with Gasteiger partial charge in [-0.2, -0.15) is 0 Å². The highest BCUT2D eigenvalue weighted by atomic mass is 16.5. The Morgan fingerprint density at radius 2 is 1.41 bits per heavy atom. The Morgan fingerprint density at radius 3 is 2.13 bits per heavy atom. The first-order valence-electron chi connectivity index (χ1n) is 28.3. The summed E-state index contributed by atoms with van der Waals surface area (Å²) in [6, 6.07) is 19.2. The van der Waals surface area contributed by atoms with E-state index in [0.717, 1.165) is 86.2 Å². The van der Waals surface area contributed by atoms with Gasteiger partial charge in [-0.3, -0.25) is 9.79 Å². The quantitative estimate of drug-likeness (QED) is 0.0267. The van der Waals surface area contributed by atoms with E-state index in [9.17, 15) is 14.7 Å². The van der Waals surface area contributed by atoms with Crippen LogP contribution in [0.15, 0.2) is 83.4 Å². The van der Waals surface area contributed by atoms with E-state index in [0.29, 0.717) is 53.4 Å². The fourth-order valence-electron chi connectivity index (χ4n) is 13.5. The van der Waals surface area contributed by atoms with Crippen LogP contribution in [0.3, 0.4) is 0 Å². The first-order valence-corrected chi connectivity index (χ1v) is 28.3. The standard InChI is InChI=1S/C63H89NO7/c1-7-8-9-10-11-12-13-16-40-68-51-28-22-47(23-29-51)61(67)71-52-31-26-50(27-32-52)64-44-48-24-30-53(43-59(48)65)69-41-17-14-15-21-60(66)70-54-36-38-62(5)49(42-54)25-33-55-57-35-34-56(46(4)20-18-19-45(2)3)63(57,6)39-37-58(55)62/h22-32,43-46,54-58,65H,7-21,33-42H2,1-6H3/t46-,54+,55+,56-,57+,58+,62+,63-/m1/s1. The molecule has 388 valence electrons. The minimum Gasteiger partial charge on any atom is -0.507 e. The van der Waals surface area contributed by atoms with Crippen LogP contribution in [0.4, 0.5) is 5.69 Å². The second-order valence-electron chi connectivity index (χ2n) is 23.0. The number of ether oxygens (including phenoxy) is 4. The molecule has 3 aromatic carbocycles. The topological polar surface area (TPSA) is 104 Å². The largest absolute Gasteiger partial charge is 0.507 e. The molecule has 0 spiro atoms. The molecule has 71 heavy (non-hydrogen) atoms. The minimum absolute atomic E-state index is 0.000840. The number of phenolic OH excluding ortho intramolecular Hbond substituents is 1. The van der Waals surface area contributed by atoms with Gasteiger partial charge in [0.2, 0.25) is 0 Å². The van der Waals surface area contributed by atoms with E-state index in [1.54, 1.807) is 60.3 Å². The number of esters is 2. The van der Waals surface area contributed by atoms with E-state index < -0.39 is 5.97 Å². The second kappa shape index (κ2) is 26.4. The SMILES string of the molecule is CCCCCCCCCCOc1ccc(C(=O)Oc2ccc(N=Cc3ccc(OCCCCCC(=O)O[C@H]4CC[C@@]5(C)C(=CC[C@H]6[C@@H]7CC[C@H]([C@H](C)CCCC(C)C)[C@@]7(C)CC[C@@H]65)C4)cc3O)cc2)cc1. The number of allylic oxidation sites excluding steroid dienone is 1. The van der Waals surface area contributed by atoms with Gasteiger partial charge in [-0.25, -0.2) is 4.79 Å².